The quantitative estimate of drug-likeness (QED) is 0.806. The van der Waals surface area contributed by atoms with E-state index in [1.54, 1.807) is 13.8 Å². The van der Waals surface area contributed by atoms with Gasteiger partial charge in [0.25, 0.3) is 5.91 Å². The lowest BCUT2D eigenvalue weighted by atomic mass is 9.86. The largest absolute Gasteiger partial charge is 0.448 e. The minimum Gasteiger partial charge on any atom is -0.448 e. The Kier molecular flexibility index (Phi) is 5.39. The summed E-state index contributed by atoms with van der Waals surface area (Å²) >= 11 is 0. The number of aryl methyl sites for hydroxylation is 1. The van der Waals surface area contributed by atoms with Crippen LogP contribution < -0.4 is 5.32 Å². The van der Waals surface area contributed by atoms with Crippen LogP contribution >= 0.6 is 0 Å². The Bertz CT molecular complexity index is 624. The first kappa shape index (κ1) is 17.9. The standard InChI is InChI=1S/C17H26N4O4/c1-11-15(18-10-25-11)17(24)19-13-4-3-5-14(16(13)23)21-8-6-20(7-9-21)12(2)22/h10,13-14,16,23H,3-9H2,1-2H3,(H,19,24)/t13-,14-,16-/m1/s1. The summed E-state index contributed by atoms with van der Waals surface area (Å²) in [5.74, 6) is 0.258. The topological polar surface area (TPSA) is 98.9 Å². The molecule has 1 saturated carbocycles. The molecule has 1 aliphatic heterocycles. The number of hydrogen-bond acceptors (Lipinski definition) is 6. The van der Waals surface area contributed by atoms with Crippen LogP contribution in [0, 0.1) is 6.92 Å². The summed E-state index contributed by atoms with van der Waals surface area (Å²) < 4.78 is 5.07. The summed E-state index contributed by atoms with van der Waals surface area (Å²) in [6, 6.07) is -0.292. The molecule has 8 nitrogen and oxygen atoms in total. The summed E-state index contributed by atoms with van der Waals surface area (Å²) in [7, 11) is 0. The molecular formula is C17H26N4O4. The van der Waals surface area contributed by atoms with Crippen LogP contribution in [0.1, 0.15) is 42.4 Å². The third kappa shape index (κ3) is 3.85. The van der Waals surface area contributed by atoms with Crippen molar-refractivity contribution in [1.29, 1.82) is 0 Å². The average molecular weight is 350 g/mol. The van der Waals surface area contributed by atoms with Crippen LogP contribution in [-0.2, 0) is 4.79 Å². The SMILES string of the molecule is CC(=O)N1CCN([C@@H]2CCC[C@@H](NC(=O)c3ncoc3C)[C@H]2O)CC1. The fraction of sp³-hybridized carbons (Fsp3) is 0.706. The van der Waals surface area contributed by atoms with Crippen molar-refractivity contribution in [3.63, 3.8) is 0 Å². The second-order valence-corrected chi connectivity index (χ2v) is 6.87. The van der Waals surface area contributed by atoms with Crippen molar-refractivity contribution in [2.24, 2.45) is 0 Å². The Hall–Kier alpha value is -1.93. The molecule has 1 saturated heterocycles. The summed E-state index contributed by atoms with van der Waals surface area (Å²) in [4.78, 5) is 31.8. The highest BCUT2D eigenvalue weighted by Gasteiger charge is 2.37. The molecular weight excluding hydrogens is 324 g/mol. The van der Waals surface area contributed by atoms with Crippen molar-refractivity contribution in [1.82, 2.24) is 20.1 Å². The van der Waals surface area contributed by atoms with Gasteiger partial charge in [-0.2, -0.15) is 0 Å². The zero-order chi connectivity index (χ0) is 18.0. The lowest BCUT2D eigenvalue weighted by Gasteiger charge is -2.44. The molecule has 138 valence electrons. The van der Waals surface area contributed by atoms with E-state index in [0.717, 1.165) is 32.4 Å². The molecule has 3 rings (SSSR count). The maximum atomic E-state index is 12.3. The fourth-order valence-corrected chi connectivity index (χ4v) is 3.84. The van der Waals surface area contributed by atoms with Gasteiger partial charge in [-0.3, -0.25) is 14.5 Å². The van der Waals surface area contributed by atoms with Gasteiger partial charge in [0.15, 0.2) is 12.1 Å². The summed E-state index contributed by atoms with van der Waals surface area (Å²) in [5.41, 5.74) is 0.268. The van der Waals surface area contributed by atoms with E-state index in [0.29, 0.717) is 18.8 Å². The number of nitrogens with one attached hydrogen (secondary N) is 1. The Balaban J connectivity index is 1.59. The number of oxazole rings is 1. The van der Waals surface area contributed by atoms with E-state index in [2.05, 4.69) is 15.2 Å². The number of amides is 2. The maximum Gasteiger partial charge on any atom is 0.273 e. The van der Waals surface area contributed by atoms with Gasteiger partial charge in [-0.15, -0.1) is 0 Å². The fourth-order valence-electron chi connectivity index (χ4n) is 3.84. The summed E-state index contributed by atoms with van der Waals surface area (Å²) in [6.45, 7) is 6.16. The molecule has 2 amide bonds. The molecule has 2 heterocycles. The average Bonchev–Trinajstić information content (AvgIpc) is 3.03. The van der Waals surface area contributed by atoms with Crippen LogP contribution in [-0.4, -0.2) is 76.1 Å². The normalized spacial score (nSPS) is 28.0. The molecule has 1 aromatic heterocycles. The number of carbonyl (C=O) groups is 2. The molecule has 3 atom stereocenters. The Morgan fingerprint density at radius 1 is 1.28 bits per heavy atom. The zero-order valence-electron chi connectivity index (χ0n) is 14.8. The monoisotopic (exact) mass is 350 g/mol. The van der Waals surface area contributed by atoms with Crippen LogP contribution in [0.25, 0.3) is 0 Å². The third-order valence-corrected chi connectivity index (χ3v) is 5.33. The van der Waals surface area contributed by atoms with Crippen molar-refractivity contribution >= 4 is 11.8 Å². The Labute approximate surface area is 147 Å². The lowest BCUT2D eigenvalue weighted by molar-refractivity contribution is -0.131. The minimum absolute atomic E-state index is 0.00608. The predicted octanol–water partition coefficient (Wildman–Crippen LogP) is 0.159. The van der Waals surface area contributed by atoms with Crippen molar-refractivity contribution in [2.45, 2.75) is 51.3 Å². The van der Waals surface area contributed by atoms with Gasteiger partial charge < -0.3 is 19.7 Å². The first-order valence-corrected chi connectivity index (χ1v) is 8.86. The molecule has 0 spiro atoms. The van der Waals surface area contributed by atoms with Crippen LogP contribution in [0.3, 0.4) is 0 Å². The number of aliphatic hydroxyl groups is 1. The van der Waals surface area contributed by atoms with Crippen molar-refractivity contribution < 1.29 is 19.1 Å². The number of rotatable bonds is 3. The maximum absolute atomic E-state index is 12.3. The molecule has 1 aliphatic carbocycles. The highest BCUT2D eigenvalue weighted by molar-refractivity contribution is 5.93. The molecule has 25 heavy (non-hydrogen) atoms. The van der Waals surface area contributed by atoms with Crippen LogP contribution in [0.4, 0.5) is 0 Å². The van der Waals surface area contributed by atoms with Crippen LogP contribution in [0.15, 0.2) is 10.8 Å². The van der Waals surface area contributed by atoms with Gasteiger partial charge in [-0.25, -0.2) is 4.98 Å². The highest BCUT2D eigenvalue weighted by Crippen LogP contribution is 2.25. The predicted molar refractivity (Wildman–Crippen MR) is 90.0 cm³/mol. The van der Waals surface area contributed by atoms with E-state index in [9.17, 15) is 14.7 Å². The third-order valence-electron chi connectivity index (χ3n) is 5.33. The Morgan fingerprint density at radius 2 is 2.00 bits per heavy atom. The van der Waals surface area contributed by atoms with Gasteiger partial charge in [-0.1, -0.05) is 0 Å². The smallest absolute Gasteiger partial charge is 0.273 e. The number of carbonyl (C=O) groups excluding carboxylic acids is 2. The first-order valence-electron chi connectivity index (χ1n) is 8.86. The highest BCUT2D eigenvalue weighted by atomic mass is 16.3. The van der Waals surface area contributed by atoms with E-state index in [4.69, 9.17) is 4.42 Å². The number of aliphatic hydroxyl groups excluding tert-OH is 1. The first-order chi connectivity index (χ1) is 12.0. The van der Waals surface area contributed by atoms with Crippen molar-refractivity contribution in [3.8, 4) is 0 Å². The molecule has 8 heteroatoms. The second kappa shape index (κ2) is 7.53. The van der Waals surface area contributed by atoms with Crippen LogP contribution in [0.5, 0.6) is 0 Å². The minimum atomic E-state index is -0.631. The van der Waals surface area contributed by atoms with E-state index in [1.807, 2.05) is 4.90 Å². The van der Waals surface area contributed by atoms with E-state index >= 15 is 0 Å². The lowest BCUT2D eigenvalue weighted by Crippen LogP contribution is -2.60. The number of piperazine rings is 1. The van der Waals surface area contributed by atoms with Gasteiger partial charge in [0, 0.05) is 39.1 Å². The Morgan fingerprint density at radius 3 is 2.60 bits per heavy atom. The van der Waals surface area contributed by atoms with Gasteiger partial charge in [0.2, 0.25) is 5.91 Å². The molecule has 0 radical (unpaired) electrons. The molecule has 2 aliphatic rings. The molecule has 2 N–H and O–H groups in total. The zero-order valence-corrected chi connectivity index (χ0v) is 14.8. The van der Waals surface area contributed by atoms with Gasteiger partial charge >= 0.3 is 0 Å². The van der Waals surface area contributed by atoms with Crippen molar-refractivity contribution in [3.05, 3.63) is 17.8 Å². The van der Waals surface area contributed by atoms with E-state index < -0.39 is 6.10 Å². The van der Waals surface area contributed by atoms with Gasteiger partial charge in [-0.05, 0) is 26.2 Å². The van der Waals surface area contributed by atoms with E-state index in [-0.39, 0.29) is 29.6 Å². The van der Waals surface area contributed by atoms with Gasteiger partial charge in [0.1, 0.15) is 5.76 Å². The molecule has 0 aromatic carbocycles. The van der Waals surface area contributed by atoms with E-state index in [1.165, 1.54) is 6.39 Å². The summed E-state index contributed by atoms with van der Waals surface area (Å²) in [6.07, 6.45) is 3.20. The second-order valence-electron chi connectivity index (χ2n) is 6.87. The van der Waals surface area contributed by atoms with Crippen LogP contribution in [0.2, 0.25) is 0 Å². The summed E-state index contributed by atoms with van der Waals surface area (Å²) in [5, 5.41) is 13.7. The number of aromatic nitrogens is 1. The number of hydrogen-bond donors (Lipinski definition) is 2. The van der Waals surface area contributed by atoms with Crippen molar-refractivity contribution in [2.75, 3.05) is 26.2 Å². The van der Waals surface area contributed by atoms with Gasteiger partial charge in [0.05, 0.1) is 12.1 Å². The molecule has 1 aromatic rings. The molecule has 0 bridgehead atoms. The molecule has 2 fully saturated rings. The molecule has 0 unspecified atom stereocenters. The number of nitrogens with zero attached hydrogens (tertiary/aromatic N) is 3.